The van der Waals surface area contributed by atoms with Gasteiger partial charge in [-0.1, -0.05) is 18.8 Å². The highest BCUT2D eigenvalue weighted by Crippen LogP contribution is 2.16. The number of hydrogen-bond donors (Lipinski definition) is 2. The number of likely N-dealkylation sites (N-methyl/N-ethyl adjacent to an activating group) is 1. The fourth-order valence-electron chi connectivity index (χ4n) is 2.38. The lowest BCUT2D eigenvalue weighted by Crippen LogP contribution is -2.47. The molecule has 2 heterocycles. The number of carbonyl (C=O) groups excluding carboxylic acids is 1. The predicted molar refractivity (Wildman–Crippen MR) is 82.9 cm³/mol. The van der Waals surface area contributed by atoms with E-state index in [-0.39, 0.29) is 11.9 Å². The minimum atomic E-state index is 0.0127. The number of nitrogens with zero attached hydrogens (tertiary/aromatic N) is 1. The van der Waals surface area contributed by atoms with Crippen molar-refractivity contribution in [1.29, 1.82) is 0 Å². The first-order valence-corrected chi connectivity index (χ1v) is 7.86. The van der Waals surface area contributed by atoms with E-state index in [1.807, 2.05) is 12.1 Å². The second-order valence-corrected chi connectivity index (χ2v) is 5.96. The van der Waals surface area contributed by atoms with E-state index in [4.69, 9.17) is 5.73 Å². The molecule has 2 rings (SSSR count). The molecule has 0 aliphatic carbocycles. The first-order valence-electron chi connectivity index (χ1n) is 7.05. The predicted octanol–water partition coefficient (Wildman–Crippen LogP) is 1.27. The summed E-state index contributed by atoms with van der Waals surface area (Å²) in [7, 11) is 0. The standard InChI is InChI=1S/C15H21N3OS/c1-2-18-10-4-5-12(11-18)17-15(19)14-8-7-13(20-14)6-3-9-16/h7-8,12H,2,4-5,9-11,16H2,1H3,(H,17,19). The molecule has 1 aliphatic rings. The average molecular weight is 291 g/mol. The lowest BCUT2D eigenvalue weighted by atomic mass is 10.1. The minimum absolute atomic E-state index is 0.0127. The molecule has 0 aromatic carbocycles. The first-order chi connectivity index (χ1) is 9.72. The van der Waals surface area contributed by atoms with Crippen LogP contribution in [0.1, 0.15) is 34.3 Å². The van der Waals surface area contributed by atoms with Gasteiger partial charge < -0.3 is 16.0 Å². The molecule has 0 saturated carbocycles. The van der Waals surface area contributed by atoms with E-state index >= 15 is 0 Å². The number of rotatable bonds is 3. The van der Waals surface area contributed by atoms with Gasteiger partial charge in [-0.3, -0.25) is 4.79 Å². The van der Waals surface area contributed by atoms with E-state index < -0.39 is 0 Å². The molecule has 5 heteroatoms. The van der Waals surface area contributed by atoms with Crippen molar-refractivity contribution in [3.8, 4) is 11.8 Å². The SMILES string of the molecule is CCN1CCCC(NC(=O)c2ccc(C#CCN)s2)C1. The maximum Gasteiger partial charge on any atom is 0.261 e. The number of hydrogen-bond acceptors (Lipinski definition) is 4. The fourth-order valence-corrected chi connectivity index (χ4v) is 3.17. The van der Waals surface area contributed by atoms with Crippen LogP contribution < -0.4 is 11.1 Å². The van der Waals surface area contributed by atoms with Crippen LogP contribution in [0.3, 0.4) is 0 Å². The molecule has 3 N–H and O–H groups in total. The molecule has 1 unspecified atom stereocenters. The third kappa shape index (κ3) is 4.07. The van der Waals surface area contributed by atoms with Gasteiger partial charge in [-0.2, -0.15) is 0 Å². The Labute approximate surface area is 124 Å². The van der Waals surface area contributed by atoms with Gasteiger partial charge in [-0.25, -0.2) is 0 Å². The van der Waals surface area contributed by atoms with Crippen LogP contribution in [0.5, 0.6) is 0 Å². The quantitative estimate of drug-likeness (QED) is 0.825. The highest BCUT2D eigenvalue weighted by molar-refractivity contribution is 7.14. The van der Waals surface area contributed by atoms with Gasteiger partial charge in [0, 0.05) is 12.6 Å². The second kappa shape index (κ2) is 7.44. The first kappa shape index (κ1) is 15.0. The molecule has 0 bridgehead atoms. The van der Waals surface area contributed by atoms with E-state index in [1.54, 1.807) is 0 Å². The zero-order chi connectivity index (χ0) is 14.4. The zero-order valence-electron chi connectivity index (χ0n) is 11.8. The van der Waals surface area contributed by atoms with E-state index in [0.29, 0.717) is 6.54 Å². The fraction of sp³-hybridized carbons (Fsp3) is 0.533. The summed E-state index contributed by atoms with van der Waals surface area (Å²) in [5.74, 6) is 5.77. The van der Waals surface area contributed by atoms with Crippen molar-refractivity contribution in [1.82, 2.24) is 10.2 Å². The van der Waals surface area contributed by atoms with Gasteiger partial charge in [0.15, 0.2) is 0 Å². The summed E-state index contributed by atoms with van der Waals surface area (Å²) in [5, 5.41) is 3.13. The summed E-state index contributed by atoms with van der Waals surface area (Å²) in [5.41, 5.74) is 5.34. The van der Waals surface area contributed by atoms with E-state index in [0.717, 1.165) is 42.2 Å². The molecule has 1 fully saturated rings. The van der Waals surface area contributed by atoms with Gasteiger partial charge in [0.2, 0.25) is 0 Å². The Kier molecular flexibility index (Phi) is 5.60. The molecular weight excluding hydrogens is 270 g/mol. The maximum atomic E-state index is 12.2. The molecule has 4 nitrogen and oxygen atoms in total. The Bertz CT molecular complexity index is 515. The molecule has 1 amide bonds. The Morgan fingerprint density at radius 3 is 3.20 bits per heavy atom. The Hall–Kier alpha value is -1.35. The number of thiophene rings is 1. The summed E-state index contributed by atoms with van der Waals surface area (Å²) < 4.78 is 0. The van der Waals surface area contributed by atoms with Crippen molar-refractivity contribution in [2.75, 3.05) is 26.2 Å². The number of piperidine rings is 1. The lowest BCUT2D eigenvalue weighted by Gasteiger charge is -2.32. The Morgan fingerprint density at radius 2 is 2.45 bits per heavy atom. The normalized spacial score (nSPS) is 19.2. The van der Waals surface area contributed by atoms with Crippen molar-refractivity contribution in [3.63, 3.8) is 0 Å². The van der Waals surface area contributed by atoms with Crippen molar-refractivity contribution in [2.45, 2.75) is 25.8 Å². The lowest BCUT2D eigenvalue weighted by molar-refractivity contribution is 0.0910. The number of likely N-dealkylation sites (tertiary alicyclic amines) is 1. The van der Waals surface area contributed by atoms with Crippen LogP contribution in [0.4, 0.5) is 0 Å². The number of carbonyl (C=O) groups is 1. The topological polar surface area (TPSA) is 58.4 Å². The Balaban J connectivity index is 1.92. The van der Waals surface area contributed by atoms with Gasteiger partial charge in [-0.15, -0.1) is 11.3 Å². The third-order valence-electron chi connectivity index (χ3n) is 3.43. The molecule has 1 atom stereocenters. The van der Waals surface area contributed by atoms with E-state index in [9.17, 15) is 4.79 Å². The Morgan fingerprint density at radius 1 is 1.60 bits per heavy atom. The molecule has 0 radical (unpaired) electrons. The molecular formula is C15H21N3OS. The number of nitrogens with one attached hydrogen (secondary N) is 1. The van der Waals surface area contributed by atoms with Gasteiger partial charge in [-0.05, 0) is 38.1 Å². The second-order valence-electron chi connectivity index (χ2n) is 4.88. The van der Waals surface area contributed by atoms with Gasteiger partial charge >= 0.3 is 0 Å². The van der Waals surface area contributed by atoms with Crippen molar-refractivity contribution < 1.29 is 4.79 Å². The van der Waals surface area contributed by atoms with Crippen molar-refractivity contribution in [3.05, 3.63) is 21.9 Å². The molecule has 1 saturated heterocycles. The summed E-state index contributed by atoms with van der Waals surface area (Å²) in [6.07, 6.45) is 2.21. The maximum absolute atomic E-state index is 12.2. The molecule has 1 aromatic heterocycles. The summed E-state index contributed by atoms with van der Waals surface area (Å²) in [6, 6.07) is 3.97. The summed E-state index contributed by atoms with van der Waals surface area (Å²) in [6.45, 7) is 5.64. The van der Waals surface area contributed by atoms with E-state index in [1.165, 1.54) is 11.3 Å². The smallest absolute Gasteiger partial charge is 0.261 e. The molecule has 1 aromatic rings. The molecule has 1 aliphatic heterocycles. The average Bonchev–Trinajstić information content (AvgIpc) is 2.94. The van der Waals surface area contributed by atoms with Crippen molar-refractivity contribution in [2.24, 2.45) is 5.73 Å². The van der Waals surface area contributed by atoms with Gasteiger partial charge in [0.05, 0.1) is 16.3 Å². The zero-order valence-corrected chi connectivity index (χ0v) is 12.6. The van der Waals surface area contributed by atoms with Crippen LogP contribution in [-0.2, 0) is 0 Å². The van der Waals surface area contributed by atoms with Crippen LogP contribution >= 0.6 is 11.3 Å². The van der Waals surface area contributed by atoms with Gasteiger partial charge in [0.25, 0.3) is 5.91 Å². The van der Waals surface area contributed by atoms with Crippen molar-refractivity contribution >= 4 is 17.2 Å². The minimum Gasteiger partial charge on any atom is -0.347 e. The van der Waals surface area contributed by atoms with Crippen LogP contribution in [0.25, 0.3) is 0 Å². The number of nitrogens with two attached hydrogens (primary N) is 1. The van der Waals surface area contributed by atoms with Crippen LogP contribution in [0, 0.1) is 11.8 Å². The van der Waals surface area contributed by atoms with Gasteiger partial charge in [0.1, 0.15) is 0 Å². The highest BCUT2D eigenvalue weighted by atomic mass is 32.1. The molecule has 0 spiro atoms. The van der Waals surface area contributed by atoms with Crippen LogP contribution in [-0.4, -0.2) is 43.0 Å². The third-order valence-corrected chi connectivity index (χ3v) is 4.43. The van der Waals surface area contributed by atoms with Crippen LogP contribution in [0.15, 0.2) is 12.1 Å². The monoisotopic (exact) mass is 291 g/mol. The number of amides is 1. The largest absolute Gasteiger partial charge is 0.347 e. The van der Waals surface area contributed by atoms with Crippen LogP contribution in [0.2, 0.25) is 0 Å². The summed E-state index contributed by atoms with van der Waals surface area (Å²) >= 11 is 1.42. The summed E-state index contributed by atoms with van der Waals surface area (Å²) in [4.78, 5) is 16.2. The molecule has 20 heavy (non-hydrogen) atoms. The van der Waals surface area contributed by atoms with E-state index in [2.05, 4.69) is 29.0 Å². The highest BCUT2D eigenvalue weighted by Gasteiger charge is 2.21. The molecule has 108 valence electrons.